The lowest BCUT2D eigenvalue weighted by atomic mass is 10.3. The van der Waals surface area contributed by atoms with E-state index in [1.54, 1.807) is 0 Å². The monoisotopic (exact) mass is 252 g/mol. The minimum atomic E-state index is 0.514. The molecule has 92 valence electrons. The van der Waals surface area contributed by atoms with E-state index in [1.165, 1.54) is 5.69 Å². The average molecular weight is 253 g/mol. The summed E-state index contributed by atoms with van der Waals surface area (Å²) in [5, 5.41) is 4.44. The van der Waals surface area contributed by atoms with Crippen LogP contribution in [0.15, 0.2) is 18.6 Å². The Labute approximate surface area is 106 Å². The molecule has 0 aliphatic rings. The topological polar surface area (TPSA) is 35.6 Å². The molecule has 0 aliphatic carbocycles. The molecule has 0 aromatic carbocycles. The van der Waals surface area contributed by atoms with Crippen LogP contribution in [0.3, 0.4) is 0 Å². The zero-order chi connectivity index (χ0) is 12.3. The Morgan fingerprint density at radius 3 is 2.76 bits per heavy atom. The number of halogens is 1. The summed E-state index contributed by atoms with van der Waals surface area (Å²) in [5.41, 5.74) is 3.36. The summed E-state index contributed by atoms with van der Waals surface area (Å²) in [4.78, 5) is 4.10. The lowest BCUT2D eigenvalue weighted by Gasteiger charge is -2.07. The van der Waals surface area contributed by atoms with Gasteiger partial charge in [0.05, 0.1) is 23.6 Å². The standard InChI is InChI=1S/C12H17ClN4/c1-10-6-11(2)17(15-10)5-3-4-16-9-14-8-12(16)7-13/h6,8-9H,3-5,7H2,1-2H3. The minimum Gasteiger partial charge on any atom is -0.333 e. The van der Waals surface area contributed by atoms with Crippen molar-refractivity contribution in [1.82, 2.24) is 19.3 Å². The zero-order valence-corrected chi connectivity index (χ0v) is 11.0. The van der Waals surface area contributed by atoms with Crippen LogP contribution in [0.1, 0.15) is 23.5 Å². The molecule has 4 nitrogen and oxygen atoms in total. The van der Waals surface area contributed by atoms with E-state index in [0.717, 1.165) is 30.9 Å². The molecule has 0 bridgehead atoms. The van der Waals surface area contributed by atoms with Gasteiger partial charge in [0.2, 0.25) is 0 Å². The number of imidazole rings is 1. The van der Waals surface area contributed by atoms with E-state index >= 15 is 0 Å². The molecule has 0 saturated heterocycles. The molecule has 0 spiro atoms. The Bertz CT molecular complexity index is 486. The predicted molar refractivity (Wildman–Crippen MR) is 68.1 cm³/mol. The van der Waals surface area contributed by atoms with Gasteiger partial charge in [-0.1, -0.05) is 0 Å². The molecular formula is C12H17ClN4. The molecule has 0 amide bonds. The molecule has 2 rings (SSSR count). The first-order valence-electron chi connectivity index (χ1n) is 5.76. The first kappa shape index (κ1) is 12.2. The molecule has 2 aromatic heterocycles. The van der Waals surface area contributed by atoms with Crippen molar-refractivity contribution in [3.8, 4) is 0 Å². The van der Waals surface area contributed by atoms with E-state index in [-0.39, 0.29) is 0 Å². The average Bonchev–Trinajstić information content (AvgIpc) is 2.86. The molecular weight excluding hydrogens is 236 g/mol. The summed E-state index contributed by atoms with van der Waals surface area (Å²) >= 11 is 5.82. The van der Waals surface area contributed by atoms with E-state index in [9.17, 15) is 0 Å². The van der Waals surface area contributed by atoms with Crippen molar-refractivity contribution in [3.05, 3.63) is 35.7 Å². The van der Waals surface area contributed by atoms with Gasteiger partial charge in [0.25, 0.3) is 0 Å². The third-order valence-electron chi connectivity index (χ3n) is 2.81. The second kappa shape index (κ2) is 5.36. The Morgan fingerprint density at radius 1 is 1.29 bits per heavy atom. The second-order valence-electron chi connectivity index (χ2n) is 4.22. The van der Waals surface area contributed by atoms with Gasteiger partial charge in [-0.25, -0.2) is 4.98 Å². The fourth-order valence-electron chi connectivity index (χ4n) is 1.95. The Morgan fingerprint density at radius 2 is 2.12 bits per heavy atom. The number of aryl methyl sites for hydroxylation is 4. The van der Waals surface area contributed by atoms with Gasteiger partial charge < -0.3 is 4.57 Å². The summed E-state index contributed by atoms with van der Waals surface area (Å²) in [6, 6.07) is 2.10. The summed E-state index contributed by atoms with van der Waals surface area (Å²) in [6.07, 6.45) is 4.68. The molecule has 0 saturated carbocycles. The third-order valence-corrected chi connectivity index (χ3v) is 3.08. The first-order chi connectivity index (χ1) is 8.20. The van der Waals surface area contributed by atoms with E-state index in [1.807, 2.05) is 24.1 Å². The maximum atomic E-state index is 5.82. The fourth-order valence-corrected chi connectivity index (χ4v) is 2.18. The van der Waals surface area contributed by atoms with Crippen molar-refractivity contribution in [2.24, 2.45) is 0 Å². The van der Waals surface area contributed by atoms with E-state index in [0.29, 0.717) is 5.88 Å². The Balaban J connectivity index is 1.89. The van der Waals surface area contributed by atoms with Gasteiger partial charge in [-0.15, -0.1) is 11.6 Å². The largest absolute Gasteiger partial charge is 0.333 e. The predicted octanol–water partition coefficient (Wildman–Crippen LogP) is 2.53. The lowest BCUT2D eigenvalue weighted by molar-refractivity contribution is 0.511. The van der Waals surface area contributed by atoms with Gasteiger partial charge in [0.15, 0.2) is 0 Å². The molecule has 0 fully saturated rings. The fraction of sp³-hybridized carbons (Fsp3) is 0.500. The molecule has 0 unspecified atom stereocenters. The number of alkyl halides is 1. The van der Waals surface area contributed by atoms with E-state index in [4.69, 9.17) is 11.6 Å². The van der Waals surface area contributed by atoms with Crippen LogP contribution in [0.5, 0.6) is 0 Å². The van der Waals surface area contributed by atoms with E-state index < -0.39 is 0 Å². The third kappa shape index (κ3) is 2.88. The SMILES string of the molecule is Cc1cc(C)n(CCCn2cncc2CCl)n1. The maximum absolute atomic E-state index is 5.82. The van der Waals surface area contributed by atoms with Crippen LogP contribution >= 0.6 is 11.6 Å². The van der Waals surface area contributed by atoms with Crippen LogP contribution < -0.4 is 0 Å². The Hall–Kier alpha value is -1.29. The highest BCUT2D eigenvalue weighted by molar-refractivity contribution is 6.16. The van der Waals surface area contributed by atoms with Gasteiger partial charge >= 0.3 is 0 Å². The smallest absolute Gasteiger partial charge is 0.0948 e. The van der Waals surface area contributed by atoms with Crippen molar-refractivity contribution in [2.45, 2.75) is 39.2 Å². The van der Waals surface area contributed by atoms with Crippen LogP contribution in [0, 0.1) is 13.8 Å². The van der Waals surface area contributed by atoms with Crippen molar-refractivity contribution < 1.29 is 0 Å². The summed E-state index contributed by atoms with van der Waals surface area (Å²) in [7, 11) is 0. The van der Waals surface area contributed by atoms with Crippen LogP contribution in [-0.4, -0.2) is 19.3 Å². The van der Waals surface area contributed by atoms with Crippen molar-refractivity contribution in [1.29, 1.82) is 0 Å². The molecule has 0 N–H and O–H groups in total. The molecule has 17 heavy (non-hydrogen) atoms. The van der Waals surface area contributed by atoms with Crippen LogP contribution in [0.4, 0.5) is 0 Å². The van der Waals surface area contributed by atoms with Gasteiger partial charge in [-0.2, -0.15) is 5.10 Å². The number of aromatic nitrogens is 4. The number of hydrogen-bond acceptors (Lipinski definition) is 2. The molecule has 2 heterocycles. The quantitative estimate of drug-likeness (QED) is 0.767. The molecule has 0 radical (unpaired) electrons. The van der Waals surface area contributed by atoms with Crippen LogP contribution in [-0.2, 0) is 19.0 Å². The minimum absolute atomic E-state index is 0.514. The maximum Gasteiger partial charge on any atom is 0.0948 e. The van der Waals surface area contributed by atoms with Crippen LogP contribution in [0.25, 0.3) is 0 Å². The summed E-state index contributed by atoms with van der Waals surface area (Å²) in [6.45, 7) is 5.96. The first-order valence-corrected chi connectivity index (χ1v) is 6.30. The highest BCUT2D eigenvalue weighted by Gasteiger charge is 2.02. The number of nitrogens with zero attached hydrogens (tertiary/aromatic N) is 4. The van der Waals surface area contributed by atoms with Gasteiger partial charge in [-0.05, 0) is 26.3 Å². The summed E-state index contributed by atoms with van der Waals surface area (Å²) in [5.74, 6) is 0.514. The lowest BCUT2D eigenvalue weighted by Crippen LogP contribution is -2.07. The Kier molecular flexibility index (Phi) is 3.84. The number of rotatable bonds is 5. The highest BCUT2D eigenvalue weighted by Crippen LogP contribution is 2.06. The van der Waals surface area contributed by atoms with Crippen molar-refractivity contribution in [3.63, 3.8) is 0 Å². The van der Waals surface area contributed by atoms with Gasteiger partial charge in [0, 0.05) is 25.0 Å². The highest BCUT2D eigenvalue weighted by atomic mass is 35.5. The van der Waals surface area contributed by atoms with Gasteiger partial charge in [0.1, 0.15) is 0 Å². The molecule has 2 aromatic rings. The summed E-state index contributed by atoms with van der Waals surface area (Å²) < 4.78 is 4.14. The van der Waals surface area contributed by atoms with Gasteiger partial charge in [-0.3, -0.25) is 4.68 Å². The zero-order valence-electron chi connectivity index (χ0n) is 10.2. The molecule has 0 atom stereocenters. The van der Waals surface area contributed by atoms with E-state index in [2.05, 4.69) is 27.6 Å². The number of hydrogen-bond donors (Lipinski definition) is 0. The van der Waals surface area contributed by atoms with Crippen molar-refractivity contribution >= 4 is 11.6 Å². The molecule has 5 heteroatoms. The normalized spacial score (nSPS) is 11.0. The molecule has 0 aliphatic heterocycles. The van der Waals surface area contributed by atoms with Crippen molar-refractivity contribution in [2.75, 3.05) is 0 Å². The van der Waals surface area contributed by atoms with Crippen LogP contribution in [0.2, 0.25) is 0 Å². The second-order valence-corrected chi connectivity index (χ2v) is 4.48.